The highest BCUT2D eigenvalue weighted by Gasteiger charge is 2.25. The smallest absolute Gasteiger partial charge is 0.260 e. The summed E-state index contributed by atoms with van der Waals surface area (Å²) in [6.45, 7) is 4.84. The van der Waals surface area contributed by atoms with Gasteiger partial charge in [0, 0.05) is 24.5 Å². The molecule has 3 aromatic rings. The summed E-state index contributed by atoms with van der Waals surface area (Å²) in [4.78, 5) is 42.4. The Balaban J connectivity index is 1.49. The summed E-state index contributed by atoms with van der Waals surface area (Å²) >= 11 is 0. The highest BCUT2D eigenvalue weighted by molar-refractivity contribution is 5.78. The molecule has 2 aromatic heterocycles. The van der Waals surface area contributed by atoms with Gasteiger partial charge in [-0.3, -0.25) is 14.6 Å². The van der Waals surface area contributed by atoms with Gasteiger partial charge in [-0.25, -0.2) is 9.97 Å². The van der Waals surface area contributed by atoms with Crippen LogP contribution in [0.1, 0.15) is 36.6 Å². The third kappa shape index (κ3) is 4.07. The molecular formula is C22H23N5O3. The van der Waals surface area contributed by atoms with Crippen molar-refractivity contribution in [3.8, 4) is 17.3 Å². The number of rotatable bonds is 5. The Morgan fingerprint density at radius 3 is 2.87 bits per heavy atom. The predicted octanol–water partition coefficient (Wildman–Crippen LogP) is 2.31. The zero-order valence-electron chi connectivity index (χ0n) is 17.0. The summed E-state index contributed by atoms with van der Waals surface area (Å²) in [5, 5.41) is 0. The molecule has 0 saturated heterocycles. The SMILES string of the molecule is CC(C)c1ccccc1OCC(=O)N1CCc2c(nc(-c3cnccn3)[nH]c2=O)C1. The molecule has 154 valence electrons. The van der Waals surface area contributed by atoms with Crippen LogP contribution in [0.2, 0.25) is 0 Å². The van der Waals surface area contributed by atoms with Gasteiger partial charge in [-0.1, -0.05) is 32.0 Å². The largest absolute Gasteiger partial charge is 0.483 e. The van der Waals surface area contributed by atoms with Gasteiger partial charge in [-0.15, -0.1) is 0 Å². The summed E-state index contributed by atoms with van der Waals surface area (Å²) < 4.78 is 5.82. The van der Waals surface area contributed by atoms with E-state index in [4.69, 9.17) is 4.74 Å². The third-order valence-electron chi connectivity index (χ3n) is 5.12. The van der Waals surface area contributed by atoms with E-state index in [1.54, 1.807) is 11.1 Å². The quantitative estimate of drug-likeness (QED) is 0.699. The van der Waals surface area contributed by atoms with Gasteiger partial charge in [0.2, 0.25) is 0 Å². The number of amides is 1. The molecule has 1 aromatic carbocycles. The molecule has 1 aliphatic rings. The maximum atomic E-state index is 12.8. The van der Waals surface area contributed by atoms with Crippen molar-refractivity contribution >= 4 is 5.91 Å². The van der Waals surface area contributed by atoms with E-state index in [0.717, 1.165) is 11.3 Å². The number of hydrogen-bond acceptors (Lipinski definition) is 6. The molecule has 0 spiro atoms. The van der Waals surface area contributed by atoms with Crippen molar-refractivity contribution in [3.63, 3.8) is 0 Å². The van der Waals surface area contributed by atoms with Gasteiger partial charge in [-0.05, 0) is 24.0 Å². The maximum absolute atomic E-state index is 12.8. The highest BCUT2D eigenvalue weighted by atomic mass is 16.5. The Labute approximate surface area is 174 Å². The van der Waals surface area contributed by atoms with Gasteiger partial charge in [0.1, 0.15) is 11.4 Å². The fraction of sp³-hybridized carbons (Fsp3) is 0.318. The van der Waals surface area contributed by atoms with Crippen LogP contribution >= 0.6 is 0 Å². The molecule has 1 amide bonds. The van der Waals surface area contributed by atoms with Crippen LogP contribution in [0.5, 0.6) is 5.75 Å². The number of H-pyrrole nitrogens is 1. The number of nitrogens with one attached hydrogen (secondary N) is 1. The first kappa shape index (κ1) is 19.8. The van der Waals surface area contributed by atoms with Crippen LogP contribution in [-0.4, -0.2) is 43.9 Å². The number of carbonyl (C=O) groups excluding carboxylic acids is 1. The van der Waals surface area contributed by atoms with Crippen molar-refractivity contribution in [2.45, 2.75) is 32.7 Å². The Morgan fingerprint density at radius 1 is 1.27 bits per heavy atom. The van der Waals surface area contributed by atoms with E-state index in [-0.39, 0.29) is 24.6 Å². The Hall–Kier alpha value is -3.55. The Bertz CT molecular complexity index is 1110. The first-order valence-corrected chi connectivity index (χ1v) is 9.91. The number of benzene rings is 1. The van der Waals surface area contributed by atoms with Crippen molar-refractivity contribution in [2.24, 2.45) is 0 Å². The van der Waals surface area contributed by atoms with E-state index in [0.29, 0.717) is 41.7 Å². The van der Waals surface area contributed by atoms with Crippen LogP contribution in [0.3, 0.4) is 0 Å². The molecule has 3 heterocycles. The minimum absolute atomic E-state index is 0.0563. The number of nitrogens with zero attached hydrogens (tertiary/aromatic N) is 4. The fourth-order valence-corrected chi connectivity index (χ4v) is 3.51. The zero-order valence-corrected chi connectivity index (χ0v) is 17.0. The van der Waals surface area contributed by atoms with Gasteiger partial charge < -0.3 is 14.6 Å². The first-order valence-electron chi connectivity index (χ1n) is 9.91. The number of ether oxygens (including phenoxy) is 1. The van der Waals surface area contributed by atoms with E-state index in [2.05, 4.69) is 33.8 Å². The van der Waals surface area contributed by atoms with Crippen LogP contribution in [0.4, 0.5) is 0 Å². The van der Waals surface area contributed by atoms with Crippen LogP contribution < -0.4 is 10.3 Å². The number of aromatic amines is 1. The Morgan fingerprint density at radius 2 is 2.10 bits per heavy atom. The molecule has 1 N–H and O–H groups in total. The monoisotopic (exact) mass is 405 g/mol. The average molecular weight is 405 g/mol. The molecular weight excluding hydrogens is 382 g/mol. The minimum Gasteiger partial charge on any atom is -0.483 e. The number of hydrogen-bond donors (Lipinski definition) is 1. The van der Waals surface area contributed by atoms with E-state index in [9.17, 15) is 9.59 Å². The van der Waals surface area contributed by atoms with Crippen LogP contribution in [-0.2, 0) is 17.8 Å². The zero-order chi connectivity index (χ0) is 21.1. The molecule has 0 aliphatic carbocycles. The normalized spacial score (nSPS) is 13.2. The number of aromatic nitrogens is 4. The Kier molecular flexibility index (Phi) is 5.56. The highest BCUT2D eigenvalue weighted by Crippen LogP contribution is 2.26. The second kappa shape index (κ2) is 8.44. The van der Waals surface area contributed by atoms with Crippen molar-refractivity contribution in [2.75, 3.05) is 13.2 Å². The molecule has 30 heavy (non-hydrogen) atoms. The topological polar surface area (TPSA) is 101 Å². The summed E-state index contributed by atoms with van der Waals surface area (Å²) in [6.07, 6.45) is 5.08. The molecule has 0 bridgehead atoms. The van der Waals surface area contributed by atoms with Gasteiger partial charge in [-0.2, -0.15) is 0 Å². The first-order chi connectivity index (χ1) is 14.5. The van der Waals surface area contributed by atoms with E-state index in [1.807, 2.05) is 24.3 Å². The van der Waals surface area contributed by atoms with Crippen LogP contribution in [0.15, 0.2) is 47.7 Å². The summed E-state index contributed by atoms with van der Waals surface area (Å²) in [5.74, 6) is 1.23. The van der Waals surface area contributed by atoms with Gasteiger partial charge >= 0.3 is 0 Å². The van der Waals surface area contributed by atoms with Gasteiger partial charge in [0.25, 0.3) is 11.5 Å². The molecule has 1 aliphatic heterocycles. The summed E-state index contributed by atoms with van der Waals surface area (Å²) in [5.41, 5.74) is 2.54. The lowest BCUT2D eigenvalue weighted by Gasteiger charge is -2.28. The standard InChI is InChI=1S/C22H23N5O3/c1-14(2)15-5-3-4-6-19(15)30-13-20(28)27-10-7-16-18(12-27)25-21(26-22(16)29)17-11-23-8-9-24-17/h3-6,8-9,11,14H,7,10,12-13H2,1-2H3,(H,25,26,29). The maximum Gasteiger partial charge on any atom is 0.260 e. The van der Waals surface area contributed by atoms with E-state index < -0.39 is 0 Å². The fourth-order valence-electron chi connectivity index (χ4n) is 3.51. The average Bonchev–Trinajstić information content (AvgIpc) is 2.77. The number of para-hydroxylation sites is 1. The van der Waals surface area contributed by atoms with Gasteiger partial charge in [0.05, 0.1) is 18.4 Å². The van der Waals surface area contributed by atoms with Crippen molar-refractivity contribution in [1.29, 1.82) is 0 Å². The molecule has 0 radical (unpaired) electrons. The summed E-state index contributed by atoms with van der Waals surface area (Å²) in [7, 11) is 0. The lowest BCUT2D eigenvalue weighted by Crippen LogP contribution is -2.41. The molecule has 0 unspecified atom stereocenters. The van der Waals surface area contributed by atoms with Crippen molar-refractivity contribution in [3.05, 3.63) is 70.0 Å². The second-order valence-corrected chi connectivity index (χ2v) is 7.48. The molecule has 0 atom stereocenters. The van der Waals surface area contributed by atoms with Crippen LogP contribution in [0.25, 0.3) is 11.5 Å². The lowest BCUT2D eigenvalue weighted by atomic mass is 10.0. The lowest BCUT2D eigenvalue weighted by molar-refractivity contribution is -0.134. The second-order valence-electron chi connectivity index (χ2n) is 7.48. The van der Waals surface area contributed by atoms with Gasteiger partial charge in [0.15, 0.2) is 12.4 Å². The number of fused-ring (bicyclic) bond motifs is 1. The number of carbonyl (C=O) groups is 1. The van der Waals surface area contributed by atoms with E-state index >= 15 is 0 Å². The van der Waals surface area contributed by atoms with Crippen molar-refractivity contribution < 1.29 is 9.53 Å². The molecule has 0 fully saturated rings. The predicted molar refractivity (Wildman–Crippen MR) is 111 cm³/mol. The molecule has 4 rings (SSSR count). The van der Waals surface area contributed by atoms with E-state index in [1.165, 1.54) is 12.4 Å². The summed E-state index contributed by atoms with van der Waals surface area (Å²) in [6, 6.07) is 7.74. The minimum atomic E-state index is -0.199. The molecule has 8 nitrogen and oxygen atoms in total. The molecule has 8 heteroatoms. The third-order valence-corrected chi connectivity index (χ3v) is 5.12. The van der Waals surface area contributed by atoms with Crippen molar-refractivity contribution in [1.82, 2.24) is 24.8 Å². The van der Waals surface area contributed by atoms with Crippen LogP contribution in [0, 0.1) is 0 Å². The molecule has 0 saturated carbocycles.